The first kappa shape index (κ1) is 13.3. The van der Waals surface area contributed by atoms with Gasteiger partial charge in [0.15, 0.2) is 9.84 Å². The number of halogens is 1. The van der Waals surface area contributed by atoms with Gasteiger partial charge in [-0.15, -0.1) is 11.6 Å². The SMILES string of the molecule is O=[N+]([O-])c1ccccc1C(Cl)C1CCS(=O)(=O)C1. The quantitative estimate of drug-likeness (QED) is 0.486. The van der Waals surface area contributed by atoms with Crippen LogP contribution in [0.2, 0.25) is 0 Å². The molecule has 0 bridgehead atoms. The number of benzene rings is 1. The molecule has 0 N–H and O–H groups in total. The molecule has 0 radical (unpaired) electrons. The summed E-state index contributed by atoms with van der Waals surface area (Å²) in [6.07, 6.45) is 0.461. The van der Waals surface area contributed by atoms with Gasteiger partial charge in [-0.1, -0.05) is 18.2 Å². The van der Waals surface area contributed by atoms with Crippen molar-refractivity contribution in [2.24, 2.45) is 5.92 Å². The molecule has 0 aliphatic carbocycles. The molecule has 0 saturated carbocycles. The Kier molecular flexibility index (Phi) is 3.59. The highest BCUT2D eigenvalue weighted by atomic mass is 35.5. The summed E-state index contributed by atoms with van der Waals surface area (Å²) < 4.78 is 22.8. The summed E-state index contributed by atoms with van der Waals surface area (Å²) in [5.74, 6) is -0.132. The molecule has 1 fully saturated rings. The van der Waals surface area contributed by atoms with Crippen LogP contribution in [0.3, 0.4) is 0 Å². The van der Waals surface area contributed by atoms with E-state index in [1.165, 1.54) is 6.07 Å². The average Bonchev–Trinajstić information content (AvgIpc) is 2.68. The lowest BCUT2D eigenvalue weighted by Crippen LogP contribution is -2.11. The van der Waals surface area contributed by atoms with Crippen molar-refractivity contribution in [3.63, 3.8) is 0 Å². The van der Waals surface area contributed by atoms with E-state index in [-0.39, 0.29) is 23.1 Å². The Balaban J connectivity index is 2.30. The Morgan fingerprint density at radius 2 is 2.06 bits per heavy atom. The second kappa shape index (κ2) is 4.85. The minimum atomic E-state index is -3.04. The van der Waals surface area contributed by atoms with Gasteiger partial charge in [0.2, 0.25) is 0 Å². The molecule has 0 amide bonds. The Hall–Kier alpha value is -1.14. The first-order valence-corrected chi connectivity index (χ1v) is 7.74. The van der Waals surface area contributed by atoms with Crippen molar-refractivity contribution in [3.05, 3.63) is 39.9 Å². The first-order valence-electron chi connectivity index (χ1n) is 5.48. The number of sulfone groups is 1. The van der Waals surface area contributed by atoms with Crippen LogP contribution in [0.25, 0.3) is 0 Å². The summed E-state index contributed by atoms with van der Waals surface area (Å²) in [4.78, 5) is 10.4. The van der Waals surface area contributed by atoms with E-state index in [0.29, 0.717) is 12.0 Å². The van der Waals surface area contributed by atoms with Crippen LogP contribution in [-0.2, 0) is 9.84 Å². The van der Waals surface area contributed by atoms with Crippen LogP contribution in [0.15, 0.2) is 24.3 Å². The first-order chi connectivity index (χ1) is 8.41. The van der Waals surface area contributed by atoms with E-state index in [9.17, 15) is 18.5 Å². The normalized spacial score (nSPS) is 23.7. The standard InChI is InChI=1S/C11H12ClNO4S/c12-11(8-5-6-18(16,17)7-8)9-3-1-2-4-10(9)13(14)15/h1-4,8,11H,5-7H2. The van der Waals surface area contributed by atoms with Gasteiger partial charge in [0.05, 0.1) is 21.8 Å². The van der Waals surface area contributed by atoms with Crippen LogP contribution >= 0.6 is 11.6 Å². The molecule has 1 aliphatic rings. The predicted molar refractivity (Wildman–Crippen MR) is 68.5 cm³/mol. The fourth-order valence-corrected chi connectivity index (χ4v) is 4.54. The van der Waals surface area contributed by atoms with Crippen molar-refractivity contribution in [2.45, 2.75) is 11.8 Å². The van der Waals surface area contributed by atoms with Crippen molar-refractivity contribution in [1.29, 1.82) is 0 Å². The number of nitro benzene ring substituents is 1. The summed E-state index contributed by atoms with van der Waals surface area (Å²) in [5, 5.41) is 10.3. The molecule has 2 rings (SSSR count). The number of alkyl halides is 1. The molecule has 1 heterocycles. The molecule has 0 aromatic heterocycles. The minimum absolute atomic E-state index is 0.00716. The molecule has 0 spiro atoms. The van der Waals surface area contributed by atoms with Crippen molar-refractivity contribution in [2.75, 3.05) is 11.5 Å². The van der Waals surface area contributed by atoms with Gasteiger partial charge in [-0.3, -0.25) is 10.1 Å². The summed E-state index contributed by atoms with van der Waals surface area (Å²) >= 11 is 6.22. The van der Waals surface area contributed by atoms with Gasteiger partial charge < -0.3 is 0 Å². The number of nitrogens with zero attached hydrogens (tertiary/aromatic N) is 1. The van der Waals surface area contributed by atoms with Crippen LogP contribution in [0.4, 0.5) is 5.69 Å². The van der Waals surface area contributed by atoms with Crippen molar-refractivity contribution >= 4 is 27.1 Å². The zero-order valence-electron chi connectivity index (χ0n) is 9.45. The van der Waals surface area contributed by atoms with E-state index < -0.39 is 20.1 Å². The van der Waals surface area contributed by atoms with Gasteiger partial charge in [0.25, 0.3) is 5.69 Å². The molecule has 1 aromatic carbocycles. The molecule has 7 heteroatoms. The van der Waals surface area contributed by atoms with Crippen molar-refractivity contribution < 1.29 is 13.3 Å². The smallest absolute Gasteiger partial charge is 0.258 e. The Bertz CT molecular complexity index is 572. The maximum Gasteiger partial charge on any atom is 0.274 e. The third-order valence-electron chi connectivity index (χ3n) is 3.11. The molecule has 1 saturated heterocycles. The average molecular weight is 290 g/mol. The molecular formula is C11H12ClNO4S. The van der Waals surface area contributed by atoms with Crippen LogP contribution in [0.5, 0.6) is 0 Å². The molecule has 18 heavy (non-hydrogen) atoms. The van der Waals surface area contributed by atoms with Crippen LogP contribution in [-0.4, -0.2) is 24.8 Å². The lowest BCUT2D eigenvalue weighted by Gasteiger charge is -2.15. The van der Waals surface area contributed by atoms with Crippen LogP contribution in [0.1, 0.15) is 17.4 Å². The highest BCUT2D eigenvalue weighted by molar-refractivity contribution is 7.91. The number of hydrogen-bond donors (Lipinski definition) is 0. The van der Waals surface area contributed by atoms with Gasteiger partial charge >= 0.3 is 0 Å². The summed E-state index contributed by atoms with van der Waals surface area (Å²) in [6, 6.07) is 6.20. The topological polar surface area (TPSA) is 77.3 Å². The van der Waals surface area contributed by atoms with Gasteiger partial charge in [-0.05, 0) is 12.3 Å². The molecule has 1 aromatic rings. The fraction of sp³-hybridized carbons (Fsp3) is 0.455. The Morgan fingerprint density at radius 1 is 1.39 bits per heavy atom. The van der Waals surface area contributed by atoms with E-state index in [2.05, 4.69) is 0 Å². The van der Waals surface area contributed by atoms with Gasteiger partial charge in [-0.2, -0.15) is 0 Å². The lowest BCUT2D eigenvalue weighted by molar-refractivity contribution is -0.385. The summed E-state index contributed by atoms with van der Waals surface area (Å²) in [6.45, 7) is 0. The van der Waals surface area contributed by atoms with E-state index in [1.54, 1.807) is 18.2 Å². The van der Waals surface area contributed by atoms with Gasteiger partial charge in [0.1, 0.15) is 0 Å². The third kappa shape index (κ3) is 2.64. The number of para-hydroxylation sites is 1. The van der Waals surface area contributed by atoms with Gasteiger partial charge in [-0.25, -0.2) is 8.42 Å². The lowest BCUT2D eigenvalue weighted by atomic mass is 9.97. The zero-order valence-corrected chi connectivity index (χ0v) is 11.0. The summed E-state index contributed by atoms with van der Waals surface area (Å²) in [7, 11) is -3.04. The van der Waals surface area contributed by atoms with E-state index >= 15 is 0 Å². The Labute approximate surface area is 110 Å². The molecule has 5 nitrogen and oxygen atoms in total. The third-order valence-corrected chi connectivity index (χ3v) is 5.50. The molecule has 2 unspecified atom stereocenters. The number of hydrogen-bond acceptors (Lipinski definition) is 4. The second-order valence-corrected chi connectivity index (χ2v) is 7.08. The van der Waals surface area contributed by atoms with Crippen molar-refractivity contribution in [3.8, 4) is 0 Å². The van der Waals surface area contributed by atoms with Crippen molar-refractivity contribution in [1.82, 2.24) is 0 Å². The Morgan fingerprint density at radius 3 is 2.61 bits per heavy atom. The number of rotatable bonds is 3. The number of nitro groups is 1. The zero-order chi connectivity index (χ0) is 13.3. The highest BCUT2D eigenvalue weighted by Gasteiger charge is 2.35. The minimum Gasteiger partial charge on any atom is -0.258 e. The fourth-order valence-electron chi connectivity index (χ4n) is 2.20. The second-order valence-electron chi connectivity index (χ2n) is 4.38. The largest absolute Gasteiger partial charge is 0.274 e. The van der Waals surface area contributed by atoms with Gasteiger partial charge in [0, 0.05) is 11.6 Å². The van der Waals surface area contributed by atoms with E-state index in [1.807, 2.05) is 0 Å². The summed E-state index contributed by atoms with van der Waals surface area (Å²) in [5.41, 5.74) is 0.341. The molecule has 1 aliphatic heterocycles. The molecule has 98 valence electrons. The monoisotopic (exact) mass is 289 g/mol. The molecular weight excluding hydrogens is 278 g/mol. The predicted octanol–water partition coefficient (Wildman–Crippen LogP) is 2.31. The van der Waals surface area contributed by atoms with E-state index in [4.69, 9.17) is 11.6 Å². The van der Waals surface area contributed by atoms with Crippen LogP contribution in [0, 0.1) is 16.0 Å². The van der Waals surface area contributed by atoms with Crippen LogP contribution < -0.4 is 0 Å². The van der Waals surface area contributed by atoms with E-state index in [0.717, 1.165) is 0 Å². The maximum atomic E-state index is 11.4. The highest BCUT2D eigenvalue weighted by Crippen LogP contribution is 2.39. The molecule has 2 atom stereocenters. The maximum absolute atomic E-state index is 11.4.